The maximum atomic E-state index is 6.67. The van der Waals surface area contributed by atoms with Crippen LogP contribution in [0.1, 0.15) is 37.4 Å². The third-order valence-corrected chi connectivity index (χ3v) is 6.11. The van der Waals surface area contributed by atoms with Crippen molar-refractivity contribution in [3.8, 4) is 0 Å². The molecular weight excluding hydrogens is 320 g/mol. The highest BCUT2D eigenvalue weighted by molar-refractivity contribution is 5.75. The third-order valence-electron chi connectivity index (χ3n) is 6.11. The predicted molar refractivity (Wildman–Crippen MR) is 107 cm³/mol. The second kappa shape index (κ2) is 6.36. The van der Waals surface area contributed by atoms with E-state index in [1.165, 1.54) is 11.1 Å². The lowest BCUT2D eigenvalue weighted by Crippen LogP contribution is -2.44. The fourth-order valence-electron chi connectivity index (χ4n) is 4.59. The topological polar surface area (TPSA) is 55.0 Å². The number of para-hydroxylation sites is 2. The van der Waals surface area contributed by atoms with Crippen molar-refractivity contribution in [3.63, 3.8) is 0 Å². The van der Waals surface area contributed by atoms with Gasteiger partial charge in [0.1, 0.15) is 5.82 Å². The summed E-state index contributed by atoms with van der Waals surface area (Å²) in [5.41, 5.74) is 11.6. The average molecular weight is 346 g/mol. The van der Waals surface area contributed by atoms with Crippen LogP contribution in [0.3, 0.4) is 0 Å². The number of aromatic nitrogens is 2. The molecule has 1 aliphatic carbocycles. The van der Waals surface area contributed by atoms with E-state index in [1.54, 1.807) is 0 Å². The van der Waals surface area contributed by atoms with Gasteiger partial charge in [-0.15, -0.1) is 0 Å². The first-order valence-electron chi connectivity index (χ1n) is 9.05. The van der Waals surface area contributed by atoms with E-state index >= 15 is 0 Å². The summed E-state index contributed by atoms with van der Waals surface area (Å²) in [5.74, 6) is 0.984. The van der Waals surface area contributed by atoms with E-state index < -0.39 is 0 Å². The molecule has 5 rings (SSSR count). The first kappa shape index (κ1) is 17.0. The van der Waals surface area contributed by atoms with Crippen LogP contribution in [-0.2, 0) is 6.42 Å². The highest BCUT2D eigenvalue weighted by Crippen LogP contribution is 2.50. The van der Waals surface area contributed by atoms with Crippen LogP contribution in [0.4, 0.5) is 5.82 Å². The molecule has 134 valence electrons. The summed E-state index contributed by atoms with van der Waals surface area (Å²) in [6.45, 7) is 1.99. The molecule has 0 bridgehead atoms. The highest BCUT2D eigenvalue weighted by Gasteiger charge is 2.45. The minimum absolute atomic E-state index is 0. The molecular formula is C22H26N4. The molecule has 4 heteroatoms. The molecule has 2 heterocycles. The normalized spacial score (nSPS) is 20.8. The van der Waals surface area contributed by atoms with Gasteiger partial charge in [0.25, 0.3) is 0 Å². The number of fused-ring (bicyclic) bond motifs is 2. The smallest absolute Gasteiger partial charge is 0.147 e. The number of benzene rings is 2. The summed E-state index contributed by atoms with van der Waals surface area (Å²) in [4.78, 5) is 11.7. The quantitative estimate of drug-likeness (QED) is 0.720. The molecule has 26 heavy (non-hydrogen) atoms. The van der Waals surface area contributed by atoms with Gasteiger partial charge >= 0.3 is 0 Å². The van der Waals surface area contributed by atoms with Gasteiger partial charge in [-0.25, -0.2) is 4.98 Å². The average Bonchev–Trinajstić information content (AvgIpc) is 2.94. The van der Waals surface area contributed by atoms with Crippen LogP contribution in [0.15, 0.2) is 54.7 Å². The minimum Gasteiger partial charge on any atom is -0.355 e. The van der Waals surface area contributed by atoms with Crippen molar-refractivity contribution in [2.45, 2.75) is 32.7 Å². The van der Waals surface area contributed by atoms with Gasteiger partial charge in [0.15, 0.2) is 0 Å². The van der Waals surface area contributed by atoms with Gasteiger partial charge in [0, 0.05) is 19.1 Å². The zero-order valence-electron chi connectivity index (χ0n) is 14.2. The van der Waals surface area contributed by atoms with Crippen LogP contribution in [0.5, 0.6) is 0 Å². The molecule has 1 saturated heterocycles. The Morgan fingerprint density at radius 2 is 1.65 bits per heavy atom. The predicted octanol–water partition coefficient (Wildman–Crippen LogP) is 4.11. The van der Waals surface area contributed by atoms with Crippen LogP contribution >= 0.6 is 0 Å². The van der Waals surface area contributed by atoms with Crippen LogP contribution in [0.25, 0.3) is 11.0 Å². The van der Waals surface area contributed by atoms with E-state index in [1.807, 2.05) is 30.5 Å². The van der Waals surface area contributed by atoms with Crippen LogP contribution in [-0.4, -0.2) is 23.1 Å². The van der Waals surface area contributed by atoms with Crippen molar-refractivity contribution >= 4 is 16.9 Å². The largest absolute Gasteiger partial charge is 0.355 e. The summed E-state index contributed by atoms with van der Waals surface area (Å²) in [6, 6.07) is 16.9. The van der Waals surface area contributed by atoms with Crippen LogP contribution < -0.4 is 10.6 Å². The Morgan fingerprint density at radius 1 is 0.962 bits per heavy atom. The van der Waals surface area contributed by atoms with Crippen LogP contribution in [0, 0.1) is 5.41 Å². The number of hydrogen-bond donors (Lipinski definition) is 1. The lowest BCUT2D eigenvalue weighted by Gasteiger charge is -2.42. The SMILES string of the molecule is C.N[C@@H]1c2ccccc2CC12CCN(c1cnc3ccccc3n1)CC2. The van der Waals surface area contributed by atoms with Crippen molar-refractivity contribution in [2.24, 2.45) is 11.1 Å². The lowest BCUT2D eigenvalue weighted by atomic mass is 9.73. The van der Waals surface area contributed by atoms with Crippen molar-refractivity contribution < 1.29 is 0 Å². The van der Waals surface area contributed by atoms with E-state index in [2.05, 4.69) is 34.1 Å². The Bertz CT molecular complexity index is 928. The van der Waals surface area contributed by atoms with E-state index in [0.29, 0.717) is 0 Å². The molecule has 2 N–H and O–H groups in total. The van der Waals surface area contributed by atoms with Crippen molar-refractivity contribution in [2.75, 3.05) is 18.0 Å². The molecule has 1 aromatic heterocycles. The number of anilines is 1. The molecule has 0 amide bonds. The summed E-state index contributed by atoms with van der Waals surface area (Å²) >= 11 is 0. The maximum absolute atomic E-state index is 6.67. The minimum atomic E-state index is 0. The number of piperidine rings is 1. The molecule has 3 aromatic rings. The van der Waals surface area contributed by atoms with Crippen LogP contribution in [0.2, 0.25) is 0 Å². The fourth-order valence-corrected chi connectivity index (χ4v) is 4.59. The summed E-state index contributed by atoms with van der Waals surface area (Å²) < 4.78 is 0. The second-order valence-electron chi connectivity index (χ2n) is 7.42. The Labute approximate surface area is 155 Å². The molecule has 2 aromatic carbocycles. The van der Waals surface area contributed by atoms with Crippen molar-refractivity contribution in [3.05, 3.63) is 65.9 Å². The highest BCUT2D eigenvalue weighted by atomic mass is 15.2. The number of nitrogens with zero attached hydrogens (tertiary/aromatic N) is 3. The second-order valence-corrected chi connectivity index (χ2v) is 7.42. The summed E-state index contributed by atoms with van der Waals surface area (Å²) in [7, 11) is 0. The van der Waals surface area contributed by atoms with Gasteiger partial charge in [0.05, 0.1) is 17.2 Å². The monoisotopic (exact) mass is 346 g/mol. The van der Waals surface area contributed by atoms with Gasteiger partial charge in [-0.1, -0.05) is 43.8 Å². The maximum Gasteiger partial charge on any atom is 0.147 e. The summed E-state index contributed by atoms with van der Waals surface area (Å²) in [5, 5.41) is 0. The zero-order chi connectivity index (χ0) is 16.9. The molecule has 4 nitrogen and oxygen atoms in total. The van der Waals surface area contributed by atoms with Gasteiger partial charge in [-0.2, -0.15) is 0 Å². The molecule has 1 fully saturated rings. The first-order valence-corrected chi connectivity index (χ1v) is 9.05. The number of rotatable bonds is 1. The van der Waals surface area contributed by atoms with Crippen molar-refractivity contribution in [1.82, 2.24) is 9.97 Å². The van der Waals surface area contributed by atoms with Gasteiger partial charge < -0.3 is 10.6 Å². The Hall–Kier alpha value is -2.46. The van der Waals surface area contributed by atoms with Crippen molar-refractivity contribution in [1.29, 1.82) is 0 Å². The van der Waals surface area contributed by atoms with E-state index in [-0.39, 0.29) is 18.9 Å². The Kier molecular flexibility index (Phi) is 4.16. The molecule has 0 unspecified atom stereocenters. The van der Waals surface area contributed by atoms with E-state index in [0.717, 1.165) is 49.2 Å². The fraction of sp³-hybridized carbons (Fsp3) is 0.364. The Balaban J connectivity index is 0.00000168. The number of nitrogens with two attached hydrogens (primary N) is 1. The molecule has 0 radical (unpaired) electrons. The third kappa shape index (κ3) is 2.56. The van der Waals surface area contributed by atoms with Gasteiger partial charge in [0.2, 0.25) is 0 Å². The molecule has 1 spiro atoms. The first-order chi connectivity index (χ1) is 12.3. The zero-order valence-corrected chi connectivity index (χ0v) is 14.2. The molecule has 0 saturated carbocycles. The van der Waals surface area contributed by atoms with Gasteiger partial charge in [-0.3, -0.25) is 4.98 Å². The van der Waals surface area contributed by atoms with Gasteiger partial charge in [-0.05, 0) is 47.9 Å². The van der Waals surface area contributed by atoms with E-state index in [4.69, 9.17) is 10.7 Å². The summed E-state index contributed by atoms with van der Waals surface area (Å²) in [6.07, 6.45) is 5.24. The standard InChI is InChI=1S/C21H22N4.CH4/c22-20-16-6-2-1-5-15(16)13-21(20)9-11-25(12-10-21)19-14-23-17-7-3-4-8-18(17)24-19;/h1-8,14,20H,9-13,22H2;1H4/t20-;/m1./s1. The Morgan fingerprint density at radius 3 is 2.42 bits per heavy atom. The molecule has 2 aliphatic rings. The molecule has 1 atom stereocenters. The molecule has 1 aliphatic heterocycles. The number of hydrogen-bond acceptors (Lipinski definition) is 4. The van der Waals surface area contributed by atoms with E-state index in [9.17, 15) is 0 Å². The lowest BCUT2D eigenvalue weighted by molar-refractivity contribution is 0.187.